The molecule has 6 nitrogen and oxygen atoms in total. The van der Waals surface area contributed by atoms with Crippen LogP contribution in [0.5, 0.6) is 0 Å². The molecule has 1 amide bonds. The van der Waals surface area contributed by atoms with Gasteiger partial charge in [-0.15, -0.1) is 0 Å². The lowest BCUT2D eigenvalue weighted by Gasteiger charge is -2.34. The second-order valence-corrected chi connectivity index (χ2v) is 7.10. The van der Waals surface area contributed by atoms with Crippen molar-refractivity contribution < 1.29 is 4.79 Å². The molecular weight excluding hydrogens is 350 g/mol. The summed E-state index contributed by atoms with van der Waals surface area (Å²) >= 11 is 6.15. The van der Waals surface area contributed by atoms with Crippen LogP contribution in [0, 0.1) is 5.92 Å². The number of nitrogens with zero attached hydrogens (tertiary/aromatic N) is 4. The summed E-state index contributed by atoms with van der Waals surface area (Å²) in [5, 5.41) is 3.70. The second-order valence-electron chi connectivity index (χ2n) is 6.70. The van der Waals surface area contributed by atoms with Crippen LogP contribution in [0.2, 0.25) is 5.02 Å². The van der Waals surface area contributed by atoms with E-state index in [2.05, 4.69) is 20.2 Å². The van der Waals surface area contributed by atoms with E-state index in [4.69, 9.17) is 11.6 Å². The summed E-state index contributed by atoms with van der Waals surface area (Å²) in [7, 11) is 3.95. The van der Waals surface area contributed by atoms with Gasteiger partial charge in [-0.25, -0.2) is 9.97 Å². The number of rotatable bonds is 5. The highest BCUT2D eigenvalue weighted by Gasteiger charge is 2.26. The summed E-state index contributed by atoms with van der Waals surface area (Å²) < 4.78 is 0. The van der Waals surface area contributed by atoms with Gasteiger partial charge in [0.1, 0.15) is 6.33 Å². The molecule has 1 aromatic heterocycles. The molecule has 0 radical (unpaired) electrons. The third-order valence-electron chi connectivity index (χ3n) is 4.71. The van der Waals surface area contributed by atoms with Crippen molar-refractivity contribution in [1.29, 1.82) is 0 Å². The molecule has 1 fully saturated rings. The summed E-state index contributed by atoms with van der Waals surface area (Å²) in [6.45, 7) is 2.10. The molecule has 7 heteroatoms. The third-order valence-corrected chi connectivity index (χ3v) is 5.08. The predicted octanol–water partition coefficient (Wildman–Crippen LogP) is 2.73. The van der Waals surface area contributed by atoms with E-state index in [0.717, 1.165) is 43.0 Å². The molecule has 2 aromatic rings. The minimum atomic E-state index is 0.0289. The standard InChI is InChI=1S/C19H24ClN5O/c1-24(2)18-17(12-21-13-23-18)25-9-7-14(8-10-25)19(26)22-11-15-5-3-4-6-16(15)20/h3-6,12-14H,7-11H2,1-2H3,(H,22,26). The zero-order valence-electron chi connectivity index (χ0n) is 15.2. The first-order valence-electron chi connectivity index (χ1n) is 8.79. The van der Waals surface area contributed by atoms with Gasteiger partial charge in [0.2, 0.25) is 5.91 Å². The van der Waals surface area contributed by atoms with Gasteiger partial charge in [0.15, 0.2) is 5.82 Å². The van der Waals surface area contributed by atoms with Crippen LogP contribution < -0.4 is 15.1 Å². The van der Waals surface area contributed by atoms with Gasteiger partial charge in [-0.2, -0.15) is 0 Å². The van der Waals surface area contributed by atoms with E-state index in [9.17, 15) is 4.79 Å². The Morgan fingerprint density at radius 3 is 2.73 bits per heavy atom. The molecule has 26 heavy (non-hydrogen) atoms. The van der Waals surface area contributed by atoms with Crippen LogP contribution in [0.4, 0.5) is 11.5 Å². The number of halogens is 1. The molecule has 0 aliphatic carbocycles. The van der Waals surface area contributed by atoms with Gasteiger partial charge in [0.25, 0.3) is 0 Å². The van der Waals surface area contributed by atoms with Gasteiger partial charge in [0.05, 0.1) is 11.9 Å². The van der Waals surface area contributed by atoms with Gasteiger partial charge >= 0.3 is 0 Å². The minimum Gasteiger partial charge on any atom is -0.367 e. The highest BCUT2D eigenvalue weighted by molar-refractivity contribution is 6.31. The first-order valence-corrected chi connectivity index (χ1v) is 9.17. The number of piperidine rings is 1. The molecule has 1 aliphatic rings. The number of amides is 1. The lowest BCUT2D eigenvalue weighted by atomic mass is 9.95. The molecule has 0 spiro atoms. The monoisotopic (exact) mass is 373 g/mol. The second kappa shape index (κ2) is 8.36. The molecule has 0 bridgehead atoms. The van der Waals surface area contributed by atoms with Crippen LogP contribution in [-0.2, 0) is 11.3 Å². The molecule has 138 valence electrons. The third kappa shape index (κ3) is 4.25. The first kappa shape index (κ1) is 18.5. The largest absolute Gasteiger partial charge is 0.367 e. The molecule has 3 rings (SSSR count). The maximum Gasteiger partial charge on any atom is 0.223 e. The number of nitrogens with one attached hydrogen (secondary N) is 1. The van der Waals surface area contributed by atoms with Crippen molar-refractivity contribution in [2.75, 3.05) is 37.0 Å². The average Bonchev–Trinajstić information content (AvgIpc) is 2.67. The number of aromatic nitrogens is 2. The van der Waals surface area contributed by atoms with E-state index in [1.54, 1.807) is 6.33 Å². The van der Waals surface area contributed by atoms with Crippen LogP contribution in [0.25, 0.3) is 0 Å². The SMILES string of the molecule is CN(C)c1ncncc1N1CCC(C(=O)NCc2ccccc2Cl)CC1. The van der Waals surface area contributed by atoms with Crippen LogP contribution in [0.1, 0.15) is 18.4 Å². The fraction of sp³-hybridized carbons (Fsp3) is 0.421. The highest BCUT2D eigenvalue weighted by Crippen LogP contribution is 2.29. The number of benzene rings is 1. The quantitative estimate of drug-likeness (QED) is 0.873. The summed E-state index contributed by atoms with van der Waals surface area (Å²) in [5.74, 6) is 1.03. The molecular formula is C19H24ClN5O. The van der Waals surface area contributed by atoms with E-state index in [1.807, 2.05) is 49.5 Å². The Balaban J connectivity index is 1.55. The van der Waals surface area contributed by atoms with Crippen LogP contribution in [-0.4, -0.2) is 43.1 Å². The summed E-state index contributed by atoms with van der Waals surface area (Å²) in [4.78, 5) is 25.3. The van der Waals surface area contributed by atoms with E-state index in [0.29, 0.717) is 11.6 Å². The van der Waals surface area contributed by atoms with Crippen molar-refractivity contribution in [3.8, 4) is 0 Å². The zero-order valence-corrected chi connectivity index (χ0v) is 15.9. The maximum atomic E-state index is 12.5. The van der Waals surface area contributed by atoms with E-state index >= 15 is 0 Å². The lowest BCUT2D eigenvalue weighted by molar-refractivity contribution is -0.125. The first-order chi connectivity index (χ1) is 12.6. The Kier molecular flexibility index (Phi) is 5.93. The Morgan fingerprint density at radius 2 is 2.04 bits per heavy atom. The predicted molar refractivity (Wildman–Crippen MR) is 105 cm³/mol. The van der Waals surface area contributed by atoms with Gasteiger partial charge in [-0.3, -0.25) is 4.79 Å². The Labute approximate surface area is 159 Å². The molecule has 0 unspecified atom stereocenters. The van der Waals surface area contributed by atoms with Gasteiger partial charge in [-0.1, -0.05) is 29.8 Å². The van der Waals surface area contributed by atoms with Crippen LogP contribution >= 0.6 is 11.6 Å². The maximum absolute atomic E-state index is 12.5. The van der Waals surface area contributed by atoms with Gasteiger partial charge in [0, 0.05) is 44.7 Å². The number of carbonyl (C=O) groups is 1. The number of hydrogen-bond acceptors (Lipinski definition) is 5. The van der Waals surface area contributed by atoms with Crippen LogP contribution in [0.15, 0.2) is 36.8 Å². The Bertz CT molecular complexity index is 759. The molecule has 0 atom stereocenters. The average molecular weight is 374 g/mol. The van der Waals surface area contributed by atoms with Crippen molar-refractivity contribution in [3.63, 3.8) is 0 Å². The topological polar surface area (TPSA) is 61.4 Å². The molecule has 1 aliphatic heterocycles. The van der Waals surface area contributed by atoms with E-state index in [-0.39, 0.29) is 11.8 Å². The fourth-order valence-corrected chi connectivity index (χ4v) is 3.44. The molecule has 0 saturated carbocycles. The Hall–Kier alpha value is -2.34. The van der Waals surface area contributed by atoms with Gasteiger partial charge in [-0.05, 0) is 24.5 Å². The molecule has 1 saturated heterocycles. The summed E-state index contributed by atoms with van der Waals surface area (Å²) in [5.41, 5.74) is 1.96. The van der Waals surface area contributed by atoms with Crippen molar-refractivity contribution in [2.24, 2.45) is 5.92 Å². The lowest BCUT2D eigenvalue weighted by Crippen LogP contribution is -2.41. The number of carbonyl (C=O) groups excluding carboxylic acids is 1. The molecule has 1 N–H and O–H groups in total. The summed E-state index contributed by atoms with van der Waals surface area (Å²) in [6, 6.07) is 7.59. The van der Waals surface area contributed by atoms with Crippen LogP contribution in [0.3, 0.4) is 0 Å². The normalized spacial score (nSPS) is 15.0. The van der Waals surface area contributed by atoms with Gasteiger partial charge < -0.3 is 15.1 Å². The summed E-state index contributed by atoms with van der Waals surface area (Å²) in [6.07, 6.45) is 5.04. The number of anilines is 2. The Morgan fingerprint density at radius 1 is 1.31 bits per heavy atom. The van der Waals surface area contributed by atoms with E-state index in [1.165, 1.54) is 0 Å². The van der Waals surface area contributed by atoms with Crippen molar-refractivity contribution in [1.82, 2.24) is 15.3 Å². The smallest absolute Gasteiger partial charge is 0.223 e. The van der Waals surface area contributed by atoms with Crippen molar-refractivity contribution in [2.45, 2.75) is 19.4 Å². The van der Waals surface area contributed by atoms with E-state index < -0.39 is 0 Å². The highest BCUT2D eigenvalue weighted by atomic mass is 35.5. The van der Waals surface area contributed by atoms with Crippen molar-refractivity contribution >= 4 is 29.0 Å². The zero-order chi connectivity index (χ0) is 18.5. The number of hydrogen-bond donors (Lipinski definition) is 1. The molecule has 2 heterocycles. The molecule has 1 aromatic carbocycles. The minimum absolute atomic E-state index is 0.0289. The van der Waals surface area contributed by atoms with Crippen molar-refractivity contribution in [3.05, 3.63) is 47.4 Å². The fourth-order valence-electron chi connectivity index (χ4n) is 3.23.